The second-order valence-corrected chi connectivity index (χ2v) is 4.22. The molecule has 2 rings (SSSR count). The number of ether oxygens (including phenoxy) is 2. The summed E-state index contributed by atoms with van der Waals surface area (Å²) in [7, 11) is 1.67. The van der Waals surface area contributed by atoms with Crippen LogP contribution in [0.2, 0.25) is 0 Å². The van der Waals surface area contributed by atoms with Crippen LogP contribution in [0.25, 0.3) is 10.8 Å². The summed E-state index contributed by atoms with van der Waals surface area (Å²) < 4.78 is 11.0. The Bertz CT molecular complexity index is 599. The Morgan fingerprint density at radius 3 is 2.63 bits per heavy atom. The molecule has 0 saturated heterocycles. The molecule has 2 aromatic carbocycles. The van der Waals surface area contributed by atoms with Crippen LogP contribution in [-0.2, 0) is 6.42 Å². The lowest BCUT2D eigenvalue weighted by Crippen LogP contribution is -1.98. The van der Waals surface area contributed by atoms with Crippen molar-refractivity contribution >= 4 is 10.8 Å². The highest BCUT2D eigenvalue weighted by Gasteiger charge is 2.08. The second-order valence-electron chi connectivity index (χ2n) is 4.22. The van der Waals surface area contributed by atoms with Crippen molar-refractivity contribution in [2.45, 2.75) is 6.42 Å². The fraction of sp³-hybridized carbons (Fsp3) is 0.176. The smallest absolute Gasteiger partial charge is 0.123 e. The van der Waals surface area contributed by atoms with Crippen molar-refractivity contribution in [1.29, 1.82) is 0 Å². The van der Waals surface area contributed by atoms with Gasteiger partial charge in [0.15, 0.2) is 0 Å². The molecule has 0 aliphatic heterocycles. The SMILES string of the molecule is C=CCOc1ccc2cc(OC)ccc2c1CC=C. The summed E-state index contributed by atoms with van der Waals surface area (Å²) in [6, 6.07) is 10.1. The van der Waals surface area contributed by atoms with Crippen LogP contribution in [0.4, 0.5) is 0 Å². The topological polar surface area (TPSA) is 18.5 Å². The van der Waals surface area contributed by atoms with Crippen LogP contribution in [0, 0.1) is 0 Å². The molecule has 0 aliphatic carbocycles. The van der Waals surface area contributed by atoms with E-state index in [0.717, 1.165) is 28.9 Å². The standard InChI is InChI=1S/C17H18O2/c1-4-6-16-15-9-8-14(18-3)12-13(15)7-10-17(16)19-11-5-2/h4-5,7-10,12H,1-2,6,11H2,3H3. The molecule has 0 unspecified atom stereocenters. The number of methoxy groups -OCH3 is 1. The van der Waals surface area contributed by atoms with Gasteiger partial charge in [0.2, 0.25) is 0 Å². The molecule has 0 saturated carbocycles. The van der Waals surface area contributed by atoms with Gasteiger partial charge in [-0.25, -0.2) is 0 Å². The van der Waals surface area contributed by atoms with Crippen LogP contribution in [0.5, 0.6) is 11.5 Å². The molecule has 98 valence electrons. The molecule has 2 aromatic rings. The average Bonchev–Trinajstić information content (AvgIpc) is 2.46. The molecule has 0 atom stereocenters. The number of hydrogen-bond donors (Lipinski definition) is 0. The summed E-state index contributed by atoms with van der Waals surface area (Å²) in [6.07, 6.45) is 4.41. The van der Waals surface area contributed by atoms with E-state index in [1.807, 2.05) is 30.3 Å². The van der Waals surface area contributed by atoms with Crippen LogP contribution in [-0.4, -0.2) is 13.7 Å². The molecule has 0 radical (unpaired) electrons. The highest BCUT2D eigenvalue weighted by molar-refractivity contribution is 5.89. The molecular weight excluding hydrogens is 236 g/mol. The van der Waals surface area contributed by atoms with Gasteiger partial charge >= 0.3 is 0 Å². The fourth-order valence-electron chi connectivity index (χ4n) is 2.12. The van der Waals surface area contributed by atoms with E-state index in [9.17, 15) is 0 Å². The maximum absolute atomic E-state index is 5.71. The number of benzene rings is 2. The minimum absolute atomic E-state index is 0.506. The summed E-state index contributed by atoms with van der Waals surface area (Å²) in [6.45, 7) is 8.00. The molecule has 0 amide bonds. The first kappa shape index (κ1) is 13.2. The predicted octanol–water partition coefficient (Wildman–Crippen LogP) is 4.14. The summed E-state index contributed by atoms with van der Waals surface area (Å²) >= 11 is 0. The van der Waals surface area contributed by atoms with Gasteiger partial charge in [0.25, 0.3) is 0 Å². The van der Waals surface area contributed by atoms with Gasteiger partial charge in [-0.05, 0) is 35.4 Å². The van der Waals surface area contributed by atoms with Crippen molar-refractivity contribution in [3.63, 3.8) is 0 Å². The monoisotopic (exact) mass is 254 g/mol. The number of fused-ring (bicyclic) bond motifs is 1. The Labute approximate surface area is 114 Å². The van der Waals surface area contributed by atoms with Gasteiger partial charge in [0.1, 0.15) is 18.1 Å². The maximum atomic E-state index is 5.71. The van der Waals surface area contributed by atoms with E-state index in [1.54, 1.807) is 13.2 Å². The first-order chi connectivity index (χ1) is 9.30. The lowest BCUT2D eigenvalue weighted by Gasteiger charge is -2.13. The van der Waals surface area contributed by atoms with E-state index in [-0.39, 0.29) is 0 Å². The van der Waals surface area contributed by atoms with E-state index in [4.69, 9.17) is 9.47 Å². The lowest BCUT2D eigenvalue weighted by atomic mass is 10.0. The Hall–Kier alpha value is -2.22. The number of allylic oxidation sites excluding steroid dienone is 1. The van der Waals surface area contributed by atoms with Crippen molar-refractivity contribution in [2.75, 3.05) is 13.7 Å². The fourth-order valence-corrected chi connectivity index (χ4v) is 2.12. The predicted molar refractivity (Wildman–Crippen MR) is 80.1 cm³/mol. The van der Waals surface area contributed by atoms with Crippen molar-refractivity contribution in [3.05, 3.63) is 61.2 Å². The van der Waals surface area contributed by atoms with Gasteiger partial charge in [-0.2, -0.15) is 0 Å². The third-order valence-corrected chi connectivity index (χ3v) is 3.00. The normalized spacial score (nSPS) is 10.2. The first-order valence-electron chi connectivity index (χ1n) is 6.24. The van der Waals surface area contributed by atoms with Crippen LogP contribution >= 0.6 is 0 Å². The second kappa shape index (κ2) is 6.10. The summed E-state index contributed by atoms with van der Waals surface area (Å²) in [5.74, 6) is 1.74. The minimum atomic E-state index is 0.506. The van der Waals surface area contributed by atoms with Crippen molar-refractivity contribution in [1.82, 2.24) is 0 Å². The van der Waals surface area contributed by atoms with Gasteiger partial charge in [0, 0.05) is 5.56 Å². The van der Waals surface area contributed by atoms with Gasteiger partial charge in [-0.15, -0.1) is 6.58 Å². The zero-order chi connectivity index (χ0) is 13.7. The van der Waals surface area contributed by atoms with E-state index in [0.29, 0.717) is 6.61 Å². The average molecular weight is 254 g/mol. The van der Waals surface area contributed by atoms with Crippen LogP contribution in [0.1, 0.15) is 5.56 Å². The summed E-state index contributed by atoms with van der Waals surface area (Å²) in [5.41, 5.74) is 1.15. The molecule has 0 aliphatic rings. The summed E-state index contributed by atoms with van der Waals surface area (Å²) in [4.78, 5) is 0. The zero-order valence-electron chi connectivity index (χ0n) is 11.2. The Balaban J connectivity index is 2.55. The van der Waals surface area contributed by atoms with Crippen molar-refractivity contribution < 1.29 is 9.47 Å². The zero-order valence-corrected chi connectivity index (χ0v) is 11.2. The molecule has 0 fully saturated rings. The van der Waals surface area contributed by atoms with Gasteiger partial charge < -0.3 is 9.47 Å². The molecule has 19 heavy (non-hydrogen) atoms. The minimum Gasteiger partial charge on any atom is -0.497 e. The number of hydrogen-bond acceptors (Lipinski definition) is 2. The molecule has 0 heterocycles. The van der Waals surface area contributed by atoms with Crippen LogP contribution in [0.15, 0.2) is 55.6 Å². The molecule has 0 aromatic heterocycles. The molecule has 0 bridgehead atoms. The van der Waals surface area contributed by atoms with E-state index < -0.39 is 0 Å². The van der Waals surface area contributed by atoms with Crippen molar-refractivity contribution in [3.8, 4) is 11.5 Å². The van der Waals surface area contributed by atoms with Crippen molar-refractivity contribution in [2.24, 2.45) is 0 Å². The van der Waals surface area contributed by atoms with E-state index >= 15 is 0 Å². The van der Waals surface area contributed by atoms with Crippen LogP contribution < -0.4 is 9.47 Å². The van der Waals surface area contributed by atoms with Gasteiger partial charge in [0.05, 0.1) is 7.11 Å². The highest BCUT2D eigenvalue weighted by Crippen LogP contribution is 2.31. The number of rotatable bonds is 6. The Kier molecular flexibility index (Phi) is 4.24. The third-order valence-electron chi connectivity index (χ3n) is 3.00. The molecular formula is C17H18O2. The molecule has 0 spiro atoms. The Morgan fingerprint density at radius 1 is 1.11 bits per heavy atom. The molecule has 0 N–H and O–H groups in total. The van der Waals surface area contributed by atoms with Crippen LogP contribution in [0.3, 0.4) is 0 Å². The quantitative estimate of drug-likeness (QED) is 0.721. The molecule has 2 nitrogen and oxygen atoms in total. The van der Waals surface area contributed by atoms with E-state index in [2.05, 4.69) is 19.2 Å². The van der Waals surface area contributed by atoms with Gasteiger partial charge in [-0.3, -0.25) is 0 Å². The molecule has 2 heteroatoms. The first-order valence-corrected chi connectivity index (χ1v) is 6.24. The summed E-state index contributed by atoms with van der Waals surface area (Å²) in [5, 5.41) is 2.31. The third kappa shape index (κ3) is 2.79. The highest BCUT2D eigenvalue weighted by atomic mass is 16.5. The maximum Gasteiger partial charge on any atom is 0.123 e. The Morgan fingerprint density at radius 2 is 1.95 bits per heavy atom. The lowest BCUT2D eigenvalue weighted by molar-refractivity contribution is 0.360. The largest absolute Gasteiger partial charge is 0.497 e. The van der Waals surface area contributed by atoms with Gasteiger partial charge in [-0.1, -0.05) is 30.9 Å². The van der Waals surface area contributed by atoms with E-state index in [1.165, 1.54) is 5.39 Å².